The number of imidazole rings is 1. The highest BCUT2D eigenvalue weighted by Crippen LogP contribution is 2.46. The number of nitrogens with zero attached hydrogens (tertiary/aromatic N) is 3. The highest BCUT2D eigenvalue weighted by atomic mass is 19.4. The first-order chi connectivity index (χ1) is 20.5. The number of para-hydroxylation sites is 1. The number of esters is 1. The van der Waals surface area contributed by atoms with Crippen LogP contribution in [-0.4, -0.2) is 47.9 Å². The van der Waals surface area contributed by atoms with Crippen molar-refractivity contribution in [3.05, 3.63) is 77.1 Å². The van der Waals surface area contributed by atoms with Crippen molar-refractivity contribution in [1.29, 1.82) is 0 Å². The molecular formula is C30H24F5N3O5. The Hall–Kier alpha value is -4.68. The van der Waals surface area contributed by atoms with E-state index in [1.54, 1.807) is 13.0 Å². The summed E-state index contributed by atoms with van der Waals surface area (Å²) in [5, 5.41) is 0. The largest absolute Gasteiger partial charge is 0.493 e. The van der Waals surface area contributed by atoms with Gasteiger partial charge in [0.2, 0.25) is 0 Å². The Morgan fingerprint density at radius 2 is 1.86 bits per heavy atom. The number of fused-ring (bicyclic) bond motifs is 3. The van der Waals surface area contributed by atoms with Crippen LogP contribution in [0.5, 0.6) is 11.5 Å². The first kappa shape index (κ1) is 28.4. The molecule has 2 aliphatic rings. The molecule has 224 valence electrons. The third-order valence-corrected chi connectivity index (χ3v) is 7.67. The van der Waals surface area contributed by atoms with Gasteiger partial charge in [-0.05, 0) is 24.3 Å². The van der Waals surface area contributed by atoms with Crippen LogP contribution in [0.2, 0.25) is 0 Å². The second kappa shape index (κ2) is 10.5. The minimum atomic E-state index is -5.23. The Morgan fingerprint density at radius 1 is 1.07 bits per heavy atom. The summed E-state index contributed by atoms with van der Waals surface area (Å²) in [5.41, 5.74) is 1.04. The SMILES string of the molecule is CCc1nc2ccc(F)c(F)c2n1-c1cccc2c1OC[C@H]2N(C(=O)C(F)(F)F)c1ccc2c(c1)OC[C@H]2CC(=O)OC. The molecule has 1 amide bonds. The molecule has 6 rings (SSSR count). The van der Waals surface area contributed by atoms with E-state index in [9.17, 15) is 27.2 Å². The number of hydrogen-bond donors (Lipinski definition) is 0. The quantitative estimate of drug-likeness (QED) is 0.201. The highest BCUT2D eigenvalue weighted by molar-refractivity contribution is 5.98. The smallest absolute Gasteiger partial charge is 0.471 e. The summed E-state index contributed by atoms with van der Waals surface area (Å²) in [6.45, 7) is 1.55. The van der Waals surface area contributed by atoms with Gasteiger partial charge in [0.25, 0.3) is 0 Å². The molecule has 0 fully saturated rings. The van der Waals surface area contributed by atoms with Crippen molar-refractivity contribution in [3.63, 3.8) is 0 Å². The van der Waals surface area contributed by atoms with Gasteiger partial charge in [-0.2, -0.15) is 13.2 Å². The third-order valence-electron chi connectivity index (χ3n) is 7.67. The van der Waals surface area contributed by atoms with Gasteiger partial charge in [0.1, 0.15) is 29.4 Å². The van der Waals surface area contributed by atoms with Crippen molar-refractivity contribution >= 4 is 28.6 Å². The van der Waals surface area contributed by atoms with Crippen molar-refractivity contribution in [1.82, 2.24) is 9.55 Å². The van der Waals surface area contributed by atoms with E-state index in [0.29, 0.717) is 22.7 Å². The maximum Gasteiger partial charge on any atom is 0.471 e. The van der Waals surface area contributed by atoms with Crippen LogP contribution in [0.3, 0.4) is 0 Å². The lowest BCUT2D eigenvalue weighted by Crippen LogP contribution is -2.44. The van der Waals surface area contributed by atoms with Gasteiger partial charge < -0.3 is 14.2 Å². The molecule has 1 aromatic heterocycles. The number of carbonyl (C=O) groups is 2. The van der Waals surface area contributed by atoms with E-state index in [0.717, 1.165) is 6.07 Å². The molecule has 0 spiro atoms. The molecule has 43 heavy (non-hydrogen) atoms. The van der Waals surface area contributed by atoms with Crippen LogP contribution in [-0.2, 0) is 20.7 Å². The number of methoxy groups -OCH3 is 1. The molecule has 2 atom stereocenters. The minimum absolute atomic E-state index is 0.0217. The molecule has 0 radical (unpaired) electrons. The average molecular weight is 602 g/mol. The lowest BCUT2D eigenvalue weighted by Gasteiger charge is -2.29. The van der Waals surface area contributed by atoms with Gasteiger partial charge in [0, 0.05) is 35.2 Å². The van der Waals surface area contributed by atoms with Crippen molar-refractivity contribution in [2.75, 3.05) is 25.2 Å². The van der Waals surface area contributed by atoms with E-state index in [4.69, 9.17) is 14.2 Å². The molecule has 3 aromatic carbocycles. The predicted octanol–water partition coefficient (Wildman–Crippen LogP) is 5.93. The third kappa shape index (κ3) is 4.72. The van der Waals surface area contributed by atoms with Gasteiger partial charge in [0.05, 0.1) is 37.4 Å². The van der Waals surface area contributed by atoms with Crippen LogP contribution in [0, 0.1) is 11.6 Å². The normalized spacial score (nSPS) is 17.3. The Morgan fingerprint density at radius 3 is 2.58 bits per heavy atom. The fourth-order valence-electron chi connectivity index (χ4n) is 5.70. The Kier molecular flexibility index (Phi) is 6.98. The molecule has 0 unspecified atom stereocenters. The number of carbonyl (C=O) groups excluding carboxylic acids is 2. The number of benzene rings is 3. The molecule has 4 aromatic rings. The number of ether oxygens (including phenoxy) is 3. The Bertz CT molecular complexity index is 1770. The first-order valence-corrected chi connectivity index (χ1v) is 13.4. The van der Waals surface area contributed by atoms with Gasteiger partial charge in [-0.1, -0.05) is 25.1 Å². The molecule has 8 nitrogen and oxygen atoms in total. The summed E-state index contributed by atoms with van der Waals surface area (Å²) in [6, 6.07) is 9.92. The summed E-state index contributed by atoms with van der Waals surface area (Å²) in [7, 11) is 1.25. The van der Waals surface area contributed by atoms with E-state index in [-0.39, 0.29) is 65.0 Å². The lowest BCUT2D eigenvalue weighted by molar-refractivity contribution is -0.171. The summed E-state index contributed by atoms with van der Waals surface area (Å²) in [5.74, 6) is -4.43. The molecule has 0 bridgehead atoms. The van der Waals surface area contributed by atoms with Crippen molar-refractivity contribution in [2.45, 2.75) is 37.9 Å². The molecule has 0 N–H and O–H groups in total. The van der Waals surface area contributed by atoms with Gasteiger partial charge in [-0.3, -0.25) is 19.1 Å². The van der Waals surface area contributed by atoms with E-state index in [1.807, 2.05) is 0 Å². The molecule has 3 heterocycles. The van der Waals surface area contributed by atoms with Crippen LogP contribution < -0.4 is 14.4 Å². The summed E-state index contributed by atoms with van der Waals surface area (Å²) < 4.78 is 88.9. The zero-order chi connectivity index (χ0) is 30.6. The molecule has 0 saturated heterocycles. The summed E-state index contributed by atoms with van der Waals surface area (Å²) in [4.78, 5) is 29.7. The number of halogens is 5. The topological polar surface area (TPSA) is 82.9 Å². The standard InChI is InChI=1S/C30H24F5N3O5/c1-3-24-36-20-10-9-19(31)26(32)27(20)38(24)21-6-4-5-18-22(14-43-28(18)21)37(29(40)30(33,34)35)16-7-8-17-15(11-25(39)41-2)13-42-23(17)12-16/h4-10,12,15,22H,3,11,13-14H2,1-2H3/t15-,22-/m1/s1. The van der Waals surface area contributed by atoms with Crippen molar-refractivity contribution < 1.29 is 45.8 Å². The number of anilines is 1. The summed E-state index contributed by atoms with van der Waals surface area (Å²) >= 11 is 0. The van der Waals surface area contributed by atoms with Gasteiger partial charge in [0.15, 0.2) is 11.6 Å². The molecule has 13 heteroatoms. The lowest BCUT2D eigenvalue weighted by atomic mass is 9.97. The number of amides is 1. The molecule has 0 aliphatic carbocycles. The number of aromatic nitrogens is 2. The Balaban J connectivity index is 1.45. The second-order valence-electron chi connectivity index (χ2n) is 10.2. The number of rotatable bonds is 6. The van der Waals surface area contributed by atoms with E-state index in [2.05, 4.69) is 4.98 Å². The van der Waals surface area contributed by atoms with Crippen molar-refractivity contribution in [2.24, 2.45) is 0 Å². The Labute approximate surface area is 241 Å². The maximum atomic E-state index is 15.0. The zero-order valence-corrected chi connectivity index (χ0v) is 22.9. The molecule has 2 aliphatic heterocycles. The fraction of sp³-hybridized carbons (Fsp3) is 0.300. The van der Waals surface area contributed by atoms with Crippen LogP contribution in [0.1, 0.15) is 42.3 Å². The van der Waals surface area contributed by atoms with Crippen LogP contribution in [0.4, 0.5) is 27.6 Å². The number of aryl methyl sites for hydroxylation is 1. The number of hydrogen-bond acceptors (Lipinski definition) is 6. The fourth-order valence-corrected chi connectivity index (χ4v) is 5.70. The maximum absolute atomic E-state index is 15.0. The minimum Gasteiger partial charge on any atom is -0.493 e. The van der Waals surface area contributed by atoms with E-state index in [1.165, 1.54) is 48.1 Å². The second-order valence-corrected chi connectivity index (χ2v) is 10.2. The average Bonchev–Trinajstić information content (AvgIpc) is 3.70. The van der Waals surface area contributed by atoms with E-state index >= 15 is 4.39 Å². The predicted molar refractivity (Wildman–Crippen MR) is 143 cm³/mol. The van der Waals surface area contributed by atoms with Crippen LogP contribution >= 0.6 is 0 Å². The van der Waals surface area contributed by atoms with Gasteiger partial charge in [-0.25, -0.2) is 13.8 Å². The van der Waals surface area contributed by atoms with Crippen molar-refractivity contribution in [3.8, 4) is 17.2 Å². The van der Waals surface area contributed by atoms with Gasteiger partial charge in [-0.15, -0.1) is 0 Å². The summed E-state index contributed by atoms with van der Waals surface area (Å²) in [6.07, 6.45) is -4.88. The van der Waals surface area contributed by atoms with Crippen LogP contribution in [0.25, 0.3) is 16.7 Å². The van der Waals surface area contributed by atoms with Crippen LogP contribution in [0.15, 0.2) is 48.5 Å². The first-order valence-electron chi connectivity index (χ1n) is 13.4. The number of alkyl halides is 3. The molecular weight excluding hydrogens is 577 g/mol. The van der Waals surface area contributed by atoms with Gasteiger partial charge >= 0.3 is 18.1 Å². The highest BCUT2D eigenvalue weighted by Gasteiger charge is 2.48. The van der Waals surface area contributed by atoms with E-state index < -0.39 is 35.7 Å². The monoisotopic (exact) mass is 601 g/mol. The molecule has 0 saturated carbocycles. The zero-order valence-electron chi connectivity index (χ0n) is 22.9.